The van der Waals surface area contributed by atoms with Gasteiger partial charge in [-0.1, -0.05) is 36.4 Å². The number of benzene rings is 3. The Morgan fingerprint density at radius 2 is 1.60 bits per heavy atom. The van der Waals surface area contributed by atoms with Gasteiger partial charge in [0.2, 0.25) is 0 Å². The molecule has 0 heteroatoms. The van der Waals surface area contributed by atoms with Gasteiger partial charge in [0.15, 0.2) is 0 Å². The Labute approximate surface area is 89.2 Å². The molecule has 0 bridgehead atoms. The molecule has 3 aromatic rings. The second-order valence-corrected chi connectivity index (χ2v) is 3.89. The van der Waals surface area contributed by atoms with E-state index in [4.69, 9.17) is 0 Å². The lowest BCUT2D eigenvalue weighted by Crippen LogP contribution is -1.79. The number of fused-ring (bicyclic) bond motifs is 2. The summed E-state index contributed by atoms with van der Waals surface area (Å²) in [5.74, 6) is 0. The molecule has 1 radical (unpaired) electrons. The quantitative estimate of drug-likeness (QED) is 0.469. The smallest absolute Gasteiger partial charge is 0.0142 e. The molecular weight excluding hydrogens is 180 g/mol. The molecule has 0 saturated heterocycles. The van der Waals surface area contributed by atoms with Crippen LogP contribution in [0.2, 0.25) is 0 Å². The van der Waals surface area contributed by atoms with Gasteiger partial charge in [-0.3, -0.25) is 0 Å². The van der Waals surface area contributed by atoms with Gasteiger partial charge in [0.05, 0.1) is 0 Å². The zero-order valence-corrected chi connectivity index (χ0v) is 8.62. The summed E-state index contributed by atoms with van der Waals surface area (Å²) in [7, 11) is 0. The largest absolute Gasteiger partial charge is 0.0616 e. The lowest BCUT2D eigenvalue weighted by molar-refractivity contribution is 1.52. The molecule has 0 atom stereocenters. The van der Waals surface area contributed by atoms with E-state index in [0.717, 1.165) is 0 Å². The summed E-state index contributed by atoms with van der Waals surface area (Å²) < 4.78 is 0. The summed E-state index contributed by atoms with van der Waals surface area (Å²) in [4.78, 5) is 0. The minimum atomic E-state index is 1.22. The van der Waals surface area contributed by atoms with E-state index in [0.29, 0.717) is 0 Å². The van der Waals surface area contributed by atoms with E-state index in [9.17, 15) is 0 Å². The van der Waals surface area contributed by atoms with E-state index in [-0.39, 0.29) is 0 Å². The Morgan fingerprint density at radius 1 is 0.867 bits per heavy atom. The third-order valence-electron chi connectivity index (χ3n) is 2.88. The molecule has 71 valence electrons. The molecule has 0 fully saturated rings. The maximum atomic E-state index is 3.24. The molecule has 0 aliphatic rings. The SMILES string of the molecule is Cc1[c]ccc2cc3ccccc3cc12. The van der Waals surface area contributed by atoms with Gasteiger partial charge >= 0.3 is 0 Å². The van der Waals surface area contributed by atoms with E-state index in [1.807, 2.05) is 6.07 Å². The van der Waals surface area contributed by atoms with Gasteiger partial charge in [0, 0.05) is 0 Å². The molecule has 15 heavy (non-hydrogen) atoms. The van der Waals surface area contributed by atoms with Gasteiger partial charge in [-0.15, -0.1) is 0 Å². The van der Waals surface area contributed by atoms with Crippen molar-refractivity contribution in [2.24, 2.45) is 0 Å². The molecule has 0 unspecified atom stereocenters. The van der Waals surface area contributed by atoms with Crippen LogP contribution >= 0.6 is 0 Å². The van der Waals surface area contributed by atoms with Crippen molar-refractivity contribution in [1.29, 1.82) is 0 Å². The molecule has 3 aromatic carbocycles. The zero-order chi connectivity index (χ0) is 10.3. The molecule has 0 spiro atoms. The summed E-state index contributed by atoms with van der Waals surface area (Å²) in [6, 6.07) is 20.3. The fraction of sp³-hybridized carbons (Fsp3) is 0.0667. The highest BCUT2D eigenvalue weighted by Gasteiger charge is 1.99. The van der Waals surface area contributed by atoms with Gasteiger partial charge in [0.25, 0.3) is 0 Å². The minimum absolute atomic E-state index is 1.22. The van der Waals surface area contributed by atoms with Crippen molar-refractivity contribution in [2.45, 2.75) is 6.92 Å². The lowest BCUT2D eigenvalue weighted by atomic mass is 10.0. The van der Waals surface area contributed by atoms with Crippen molar-refractivity contribution in [3.05, 3.63) is 60.2 Å². The highest BCUT2D eigenvalue weighted by atomic mass is 14.0. The molecule has 0 heterocycles. The topological polar surface area (TPSA) is 0 Å². The standard InChI is InChI=1S/C15H11/c1-11-5-4-8-14-9-12-6-2-3-7-13(12)10-15(11)14/h2-4,6-10H,1H3. The van der Waals surface area contributed by atoms with E-state index in [2.05, 4.69) is 55.5 Å². The average Bonchev–Trinajstić information content (AvgIpc) is 2.27. The van der Waals surface area contributed by atoms with Crippen molar-refractivity contribution in [3.8, 4) is 0 Å². The summed E-state index contributed by atoms with van der Waals surface area (Å²) >= 11 is 0. The second-order valence-electron chi connectivity index (χ2n) is 3.89. The second kappa shape index (κ2) is 3.09. The molecule has 0 aliphatic heterocycles. The number of rotatable bonds is 0. The van der Waals surface area contributed by atoms with Crippen LogP contribution in [-0.2, 0) is 0 Å². The van der Waals surface area contributed by atoms with Crippen LogP contribution in [0.15, 0.2) is 48.5 Å². The van der Waals surface area contributed by atoms with Crippen LogP contribution in [0.5, 0.6) is 0 Å². The first kappa shape index (κ1) is 8.49. The number of hydrogen-bond donors (Lipinski definition) is 0. The van der Waals surface area contributed by atoms with Gasteiger partial charge in [0.1, 0.15) is 0 Å². The first-order valence-electron chi connectivity index (χ1n) is 5.14. The summed E-state index contributed by atoms with van der Waals surface area (Å²) in [5, 5.41) is 5.20. The fourth-order valence-corrected chi connectivity index (χ4v) is 2.05. The van der Waals surface area contributed by atoms with Gasteiger partial charge < -0.3 is 0 Å². The summed E-state index contributed by atoms with van der Waals surface area (Å²) in [6.07, 6.45) is 0. The van der Waals surface area contributed by atoms with Crippen LogP contribution in [0.4, 0.5) is 0 Å². The zero-order valence-electron chi connectivity index (χ0n) is 8.62. The maximum absolute atomic E-state index is 3.24. The van der Waals surface area contributed by atoms with E-state index >= 15 is 0 Å². The van der Waals surface area contributed by atoms with Crippen LogP contribution in [0.3, 0.4) is 0 Å². The molecule has 0 aliphatic carbocycles. The van der Waals surface area contributed by atoms with Crippen molar-refractivity contribution in [3.63, 3.8) is 0 Å². The van der Waals surface area contributed by atoms with Crippen molar-refractivity contribution in [2.75, 3.05) is 0 Å². The van der Waals surface area contributed by atoms with Crippen LogP contribution in [0.1, 0.15) is 5.56 Å². The number of hydrogen-bond acceptors (Lipinski definition) is 0. The van der Waals surface area contributed by atoms with Gasteiger partial charge in [-0.05, 0) is 52.2 Å². The average molecular weight is 191 g/mol. The Bertz CT molecular complexity index is 636. The van der Waals surface area contributed by atoms with E-state index in [1.165, 1.54) is 27.1 Å². The monoisotopic (exact) mass is 191 g/mol. The van der Waals surface area contributed by atoms with Gasteiger partial charge in [-0.25, -0.2) is 0 Å². The van der Waals surface area contributed by atoms with E-state index < -0.39 is 0 Å². The highest BCUT2D eigenvalue weighted by molar-refractivity contribution is 5.99. The summed E-state index contributed by atoms with van der Waals surface area (Å²) in [5.41, 5.74) is 1.22. The Morgan fingerprint density at radius 3 is 2.40 bits per heavy atom. The highest BCUT2D eigenvalue weighted by Crippen LogP contribution is 2.24. The van der Waals surface area contributed by atoms with Crippen LogP contribution in [-0.4, -0.2) is 0 Å². The van der Waals surface area contributed by atoms with E-state index in [1.54, 1.807) is 0 Å². The molecular formula is C15H11. The maximum Gasteiger partial charge on any atom is -0.0142 e. The van der Waals surface area contributed by atoms with Crippen LogP contribution < -0.4 is 0 Å². The Balaban J connectivity index is 2.53. The third-order valence-corrected chi connectivity index (χ3v) is 2.88. The molecule has 0 aromatic heterocycles. The van der Waals surface area contributed by atoms with Crippen molar-refractivity contribution >= 4 is 21.5 Å². The third kappa shape index (κ3) is 1.30. The molecule has 0 N–H and O–H groups in total. The lowest BCUT2D eigenvalue weighted by Gasteiger charge is -2.04. The normalized spacial score (nSPS) is 11.0. The first-order chi connectivity index (χ1) is 7.34. The predicted molar refractivity (Wildman–Crippen MR) is 65.0 cm³/mol. The molecule has 0 saturated carbocycles. The van der Waals surface area contributed by atoms with Gasteiger partial charge in [-0.2, -0.15) is 0 Å². The molecule has 0 amide bonds. The summed E-state index contributed by atoms with van der Waals surface area (Å²) in [6.45, 7) is 2.11. The fourth-order valence-electron chi connectivity index (χ4n) is 2.05. The molecule has 3 rings (SSSR count). The van der Waals surface area contributed by atoms with Crippen LogP contribution in [0, 0.1) is 13.0 Å². The Kier molecular flexibility index (Phi) is 1.75. The van der Waals surface area contributed by atoms with Crippen molar-refractivity contribution < 1.29 is 0 Å². The predicted octanol–water partition coefficient (Wildman–Crippen LogP) is 4.10. The first-order valence-corrected chi connectivity index (χ1v) is 5.14. The number of aryl methyl sites for hydroxylation is 1. The Hall–Kier alpha value is -1.82. The van der Waals surface area contributed by atoms with Crippen LogP contribution in [0.25, 0.3) is 21.5 Å². The minimum Gasteiger partial charge on any atom is -0.0616 e. The van der Waals surface area contributed by atoms with Crippen molar-refractivity contribution in [1.82, 2.24) is 0 Å². The molecule has 0 nitrogen and oxygen atoms in total.